The smallest absolute Gasteiger partial charge is 0.373 e. The van der Waals surface area contributed by atoms with Crippen LogP contribution in [-0.4, -0.2) is 38.1 Å². The van der Waals surface area contributed by atoms with Crippen molar-refractivity contribution in [3.05, 3.63) is 47.4 Å². The number of nitrogens with zero attached hydrogens (tertiary/aromatic N) is 1. The van der Waals surface area contributed by atoms with Gasteiger partial charge in [0.15, 0.2) is 16.6 Å². The maximum atomic E-state index is 11.4. The molecule has 0 fully saturated rings. The van der Waals surface area contributed by atoms with Gasteiger partial charge in [0.2, 0.25) is 5.76 Å². The van der Waals surface area contributed by atoms with E-state index in [2.05, 4.69) is 20.6 Å². The number of rotatable bonds is 8. The van der Waals surface area contributed by atoms with E-state index >= 15 is 0 Å². The third-order valence-electron chi connectivity index (χ3n) is 3.32. The predicted octanol–water partition coefficient (Wildman–Crippen LogP) is 2.47. The molecule has 2 rings (SSSR count). The molecule has 0 unspecified atom stereocenters. The van der Waals surface area contributed by atoms with Gasteiger partial charge in [0, 0.05) is 6.54 Å². The second-order valence-electron chi connectivity index (χ2n) is 5.19. The monoisotopic (exact) mass is 391 g/mol. The molecule has 1 aromatic carbocycles. The summed E-state index contributed by atoms with van der Waals surface area (Å²) < 4.78 is 21.0. The number of furan rings is 1. The minimum absolute atomic E-state index is 0.123. The Morgan fingerprint density at radius 1 is 1.26 bits per heavy atom. The van der Waals surface area contributed by atoms with Crippen molar-refractivity contribution in [1.29, 1.82) is 0 Å². The fraction of sp³-hybridized carbons (Fsp3) is 0.278. The summed E-state index contributed by atoms with van der Waals surface area (Å²) in [5.74, 6) is 1.14. The third-order valence-corrected chi connectivity index (χ3v) is 3.56. The van der Waals surface area contributed by atoms with Crippen molar-refractivity contribution in [3.63, 3.8) is 0 Å². The number of methoxy groups -OCH3 is 2. The van der Waals surface area contributed by atoms with Crippen LogP contribution < -0.4 is 20.2 Å². The minimum Gasteiger partial charge on any atom is -0.493 e. The van der Waals surface area contributed by atoms with E-state index in [1.54, 1.807) is 31.5 Å². The lowest BCUT2D eigenvalue weighted by Crippen LogP contribution is -2.31. The highest BCUT2D eigenvalue weighted by Gasteiger charge is 2.12. The molecule has 0 amide bonds. The van der Waals surface area contributed by atoms with Gasteiger partial charge in [-0.05, 0) is 55.0 Å². The van der Waals surface area contributed by atoms with E-state index in [1.807, 2.05) is 13.0 Å². The molecule has 0 aliphatic carbocycles. The van der Waals surface area contributed by atoms with Crippen molar-refractivity contribution in [3.8, 4) is 11.5 Å². The molecular weight excluding hydrogens is 370 g/mol. The fourth-order valence-electron chi connectivity index (χ4n) is 2.06. The van der Waals surface area contributed by atoms with Gasteiger partial charge >= 0.3 is 5.97 Å². The van der Waals surface area contributed by atoms with Crippen LogP contribution in [0.25, 0.3) is 0 Å². The average Bonchev–Trinajstić information content (AvgIpc) is 3.15. The maximum absolute atomic E-state index is 11.4. The van der Waals surface area contributed by atoms with Crippen molar-refractivity contribution >= 4 is 29.5 Å². The van der Waals surface area contributed by atoms with Gasteiger partial charge in [0.1, 0.15) is 12.4 Å². The van der Waals surface area contributed by atoms with Gasteiger partial charge < -0.3 is 23.9 Å². The number of nitrogens with one attached hydrogen (secondary N) is 2. The minimum atomic E-state index is -0.537. The predicted molar refractivity (Wildman–Crippen MR) is 104 cm³/mol. The second-order valence-corrected chi connectivity index (χ2v) is 5.59. The number of esters is 1. The summed E-state index contributed by atoms with van der Waals surface area (Å²) in [5.41, 5.74) is 3.52. The van der Waals surface area contributed by atoms with Crippen LogP contribution in [0.2, 0.25) is 0 Å². The first kappa shape index (κ1) is 20.2. The number of hydrogen-bond acceptors (Lipinski definition) is 7. The first-order chi connectivity index (χ1) is 13.1. The van der Waals surface area contributed by atoms with E-state index in [-0.39, 0.29) is 12.4 Å². The quantitative estimate of drug-likeness (QED) is 0.307. The molecule has 1 heterocycles. The molecule has 27 heavy (non-hydrogen) atoms. The summed E-state index contributed by atoms with van der Waals surface area (Å²) in [6.07, 6.45) is 1.62. The van der Waals surface area contributed by atoms with Crippen molar-refractivity contribution in [1.82, 2.24) is 10.7 Å². The summed E-state index contributed by atoms with van der Waals surface area (Å²) in [6.45, 7) is 2.80. The van der Waals surface area contributed by atoms with Gasteiger partial charge in [0.05, 0.1) is 20.4 Å². The number of hydrogen-bond donors (Lipinski definition) is 2. The summed E-state index contributed by atoms with van der Waals surface area (Å²) in [5, 5.41) is 7.43. The Morgan fingerprint density at radius 3 is 2.78 bits per heavy atom. The molecule has 0 aliphatic rings. The fourth-order valence-corrected chi connectivity index (χ4v) is 2.26. The zero-order chi connectivity index (χ0) is 19.6. The molecule has 0 atom stereocenters. The zero-order valence-corrected chi connectivity index (χ0v) is 16.1. The number of carbonyl (C=O) groups is 1. The Morgan fingerprint density at radius 2 is 2.07 bits per heavy atom. The summed E-state index contributed by atoms with van der Waals surface area (Å²) in [7, 11) is 2.84. The first-order valence-electron chi connectivity index (χ1n) is 8.12. The first-order valence-corrected chi connectivity index (χ1v) is 8.53. The Balaban J connectivity index is 1.99. The van der Waals surface area contributed by atoms with E-state index in [0.717, 1.165) is 12.1 Å². The zero-order valence-electron chi connectivity index (χ0n) is 15.3. The van der Waals surface area contributed by atoms with E-state index in [0.29, 0.717) is 22.4 Å². The van der Waals surface area contributed by atoms with Crippen LogP contribution in [0, 0.1) is 0 Å². The van der Waals surface area contributed by atoms with Crippen LogP contribution in [0.15, 0.2) is 39.9 Å². The third kappa shape index (κ3) is 6.00. The average molecular weight is 391 g/mol. The normalized spacial score (nSPS) is 10.5. The molecular formula is C18H21N3O5S. The Hall–Kier alpha value is -3.07. The number of ether oxygens (including phenoxy) is 3. The summed E-state index contributed by atoms with van der Waals surface area (Å²) >= 11 is 5.03. The number of thiocarbonyl (C=S) groups is 1. The number of hydrazone groups is 1. The number of carbonyl (C=O) groups excluding carboxylic acids is 1. The molecule has 0 bridgehead atoms. The molecule has 8 nitrogen and oxygen atoms in total. The van der Waals surface area contributed by atoms with Crippen LogP contribution in [0.1, 0.15) is 28.8 Å². The lowest BCUT2D eigenvalue weighted by molar-refractivity contribution is 0.0561. The van der Waals surface area contributed by atoms with E-state index < -0.39 is 5.97 Å². The molecule has 0 spiro atoms. The summed E-state index contributed by atoms with van der Waals surface area (Å²) in [4.78, 5) is 11.4. The Kier molecular flexibility index (Phi) is 7.63. The van der Waals surface area contributed by atoms with Gasteiger partial charge in [-0.2, -0.15) is 5.10 Å². The summed E-state index contributed by atoms with van der Waals surface area (Å²) in [6, 6.07) is 8.54. The Labute approximate surface area is 162 Å². The van der Waals surface area contributed by atoms with Crippen LogP contribution in [0.3, 0.4) is 0 Å². The van der Waals surface area contributed by atoms with Gasteiger partial charge in [-0.1, -0.05) is 0 Å². The standard InChI is InChI=1S/C18H21N3O5S/c1-4-19-18(27)21-20-10-12-5-7-14(16(9-12)23-2)25-11-13-6-8-15(26-13)17(22)24-3/h5-10H,4,11H2,1-3H3,(H2,19,21,27)/b20-10-. The van der Waals surface area contributed by atoms with E-state index in [4.69, 9.17) is 26.1 Å². The highest BCUT2D eigenvalue weighted by molar-refractivity contribution is 7.80. The molecule has 144 valence electrons. The van der Waals surface area contributed by atoms with Crippen molar-refractivity contribution in [2.75, 3.05) is 20.8 Å². The molecule has 1 aromatic heterocycles. The van der Waals surface area contributed by atoms with Crippen LogP contribution in [0.5, 0.6) is 11.5 Å². The van der Waals surface area contributed by atoms with Gasteiger partial charge in [-0.15, -0.1) is 0 Å². The SMILES string of the molecule is CCNC(=S)N/N=C\c1ccc(OCc2ccc(C(=O)OC)o2)c(OC)c1. The van der Waals surface area contributed by atoms with Crippen LogP contribution in [-0.2, 0) is 11.3 Å². The molecule has 0 saturated heterocycles. The van der Waals surface area contributed by atoms with Gasteiger partial charge in [-0.25, -0.2) is 4.79 Å². The molecule has 2 N–H and O–H groups in total. The second kappa shape index (κ2) is 10.2. The maximum Gasteiger partial charge on any atom is 0.373 e. The van der Waals surface area contributed by atoms with Crippen LogP contribution >= 0.6 is 12.2 Å². The van der Waals surface area contributed by atoms with Gasteiger partial charge in [0.25, 0.3) is 0 Å². The largest absolute Gasteiger partial charge is 0.493 e. The van der Waals surface area contributed by atoms with Gasteiger partial charge in [-0.3, -0.25) is 5.43 Å². The molecule has 2 aromatic rings. The lowest BCUT2D eigenvalue weighted by atomic mass is 10.2. The Bertz CT molecular complexity index is 819. The molecule has 0 radical (unpaired) electrons. The highest BCUT2D eigenvalue weighted by atomic mass is 32.1. The van der Waals surface area contributed by atoms with Crippen molar-refractivity contribution < 1.29 is 23.4 Å². The molecule has 0 saturated carbocycles. The number of benzene rings is 1. The topological polar surface area (TPSA) is 94.3 Å². The highest BCUT2D eigenvalue weighted by Crippen LogP contribution is 2.28. The van der Waals surface area contributed by atoms with E-state index in [1.165, 1.54) is 13.2 Å². The van der Waals surface area contributed by atoms with Crippen molar-refractivity contribution in [2.45, 2.75) is 13.5 Å². The van der Waals surface area contributed by atoms with Crippen molar-refractivity contribution in [2.24, 2.45) is 5.10 Å². The van der Waals surface area contributed by atoms with E-state index in [9.17, 15) is 4.79 Å². The molecule has 0 aliphatic heterocycles. The molecule has 9 heteroatoms. The lowest BCUT2D eigenvalue weighted by Gasteiger charge is -2.10. The van der Waals surface area contributed by atoms with Crippen LogP contribution in [0.4, 0.5) is 0 Å².